The average Bonchev–Trinajstić information content (AvgIpc) is 2.15. The maximum atomic E-state index is 10.7. The maximum Gasteiger partial charge on any atom is 0.137 e. The van der Waals surface area contributed by atoms with Gasteiger partial charge in [-0.25, -0.2) is 0 Å². The smallest absolute Gasteiger partial charge is 0.137 e. The van der Waals surface area contributed by atoms with E-state index in [2.05, 4.69) is 0 Å². The highest BCUT2D eigenvalue weighted by molar-refractivity contribution is 5.58. The zero-order chi connectivity index (χ0) is 9.68. The molecule has 0 amide bonds. The Morgan fingerprint density at radius 2 is 1.92 bits per heavy atom. The van der Waals surface area contributed by atoms with E-state index in [1.165, 1.54) is 5.56 Å². The van der Waals surface area contributed by atoms with Gasteiger partial charge in [-0.1, -0.05) is 30.3 Å². The molecule has 2 heteroatoms. The van der Waals surface area contributed by atoms with Gasteiger partial charge in [-0.3, -0.25) is 4.90 Å². The zero-order valence-corrected chi connectivity index (χ0v) is 8.10. The van der Waals surface area contributed by atoms with Gasteiger partial charge in [0.2, 0.25) is 0 Å². The highest BCUT2D eigenvalue weighted by atomic mass is 16.1. The van der Waals surface area contributed by atoms with E-state index in [1.807, 2.05) is 49.3 Å². The molecule has 0 aromatic heterocycles. The monoisotopic (exact) mass is 177 g/mol. The second kappa shape index (κ2) is 4.77. The predicted molar refractivity (Wildman–Crippen MR) is 53.7 cm³/mol. The number of aldehydes is 1. The molecule has 0 aliphatic heterocycles. The summed E-state index contributed by atoms with van der Waals surface area (Å²) in [4.78, 5) is 12.6. The maximum absolute atomic E-state index is 10.7. The molecule has 70 valence electrons. The Bertz CT molecular complexity index is 256. The normalized spacial score (nSPS) is 12.8. The summed E-state index contributed by atoms with van der Waals surface area (Å²) in [5.74, 6) is 0. The van der Waals surface area contributed by atoms with Crippen molar-refractivity contribution < 1.29 is 4.79 Å². The van der Waals surface area contributed by atoms with Crippen LogP contribution in [0.15, 0.2) is 30.3 Å². The van der Waals surface area contributed by atoms with E-state index in [0.717, 1.165) is 12.7 Å². The minimum absolute atomic E-state index is 0.0117. The van der Waals surface area contributed by atoms with Crippen LogP contribution in [0.25, 0.3) is 0 Å². The minimum atomic E-state index is -0.0117. The Hall–Kier alpha value is -1.15. The van der Waals surface area contributed by atoms with Gasteiger partial charge in [0.05, 0.1) is 6.04 Å². The molecule has 0 aliphatic carbocycles. The standard InChI is InChI=1S/C11H15NO/c1-12(2)11(9-13)8-10-6-4-3-5-7-10/h3-7,9,11H,8H2,1-2H3/t11-/m1/s1. The molecule has 0 radical (unpaired) electrons. The van der Waals surface area contributed by atoms with Crippen LogP contribution in [0.3, 0.4) is 0 Å². The molecule has 0 fully saturated rings. The van der Waals surface area contributed by atoms with Crippen molar-refractivity contribution in [1.82, 2.24) is 4.90 Å². The molecule has 1 atom stereocenters. The van der Waals surface area contributed by atoms with Gasteiger partial charge in [-0.15, -0.1) is 0 Å². The first kappa shape index (κ1) is 9.93. The van der Waals surface area contributed by atoms with Gasteiger partial charge in [0.25, 0.3) is 0 Å². The van der Waals surface area contributed by atoms with Gasteiger partial charge in [0, 0.05) is 0 Å². The van der Waals surface area contributed by atoms with Crippen LogP contribution in [0.2, 0.25) is 0 Å². The molecule has 1 aromatic rings. The van der Waals surface area contributed by atoms with Crippen LogP contribution in [0.4, 0.5) is 0 Å². The van der Waals surface area contributed by atoms with E-state index in [0.29, 0.717) is 0 Å². The van der Waals surface area contributed by atoms with Crippen molar-refractivity contribution in [3.05, 3.63) is 35.9 Å². The van der Waals surface area contributed by atoms with Crippen LogP contribution in [0.1, 0.15) is 5.56 Å². The Balaban J connectivity index is 2.62. The third kappa shape index (κ3) is 2.99. The molecule has 0 spiro atoms. The summed E-state index contributed by atoms with van der Waals surface area (Å²) in [6.45, 7) is 0. The largest absolute Gasteiger partial charge is 0.302 e. The number of likely N-dealkylation sites (N-methyl/N-ethyl adjacent to an activating group) is 1. The fraction of sp³-hybridized carbons (Fsp3) is 0.364. The van der Waals surface area contributed by atoms with Crippen molar-refractivity contribution in [3.8, 4) is 0 Å². The lowest BCUT2D eigenvalue weighted by Gasteiger charge is -2.17. The molecule has 0 bridgehead atoms. The number of carbonyl (C=O) groups excluding carboxylic acids is 1. The lowest BCUT2D eigenvalue weighted by Crippen LogP contribution is -2.31. The molecule has 0 aliphatic rings. The van der Waals surface area contributed by atoms with Gasteiger partial charge in [-0.05, 0) is 26.1 Å². The molecular weight excluding hydrogens is 162 g/mol. The lowest BCUT2D eigenvalue weighted by atomic mass is 10.1. The van der Waals surface area contributed by atoms with E-state index in [-0.39, 0.29) is 6.04 Å². The second-order valence-electron chi connectivity index (χ2n) is 3.36. The van der Waals surface area contributed by atoms with Gasteiger partial charge >= 0.3 is 0 Å². The number of hydrogen-bond acceptors (Lipinski definition) is 2. The van der Waals surface area contributed by atoms with Crippen molar-refractivity contribution in [2.24, 2.45) is 0 Å². The molecule has 0 unspecified atom stereocenters. The van der Waals surface area contributed by atoms with E-state index in [4.69, 9.17) is 0 Å². The second-order valence-corrected chi connectivity index (χ2v) is 3.36. The number of carbonyl (C=O) groups is 1. The molecule has 1 rings (SSSR count). The minimum Gasteiger partial charge on any atom is -0.302 e. The zero-order valence-electron chi connectivity index (χ0n) is 8.10. The van der Waals surface area contributed by atoms with Gasteiger partial charge in [0.1, 0.15) is 6.29 Å². The molecular formula is C11H15NO. The van der Waals surface area contributed by atoms with Crippen molar-refractivity contribution in [2.45, 2.75) is 12.5 Å². The molecule has 0 N–H and O–H groups in total. The molecule has 0 saturated heterocycles. The predicted octanol–water partition coefficient (Wildman–Crippen LogP) is 1.36. The van der Waals surface area contributed by atoms with Crippen molar-refractivity contribution in [1.29, 1.82) is 0 Å². The molecule has 0 saturated carbocycles. The Morgan fingerprint density at radius 3 is 2.38 bits per heavy atom. The van der Waals surface area contributed by atoms with Crippen LogP contribution in [-0.4, -0.2) is 31.3 Å². The van der Waals surface area contributed by atoms with Crippen molar-refractivity contribution in [3.63, 3.8) is 0 Å². The van der Waals surface area contributed by atoms with Crippen LogP contribution < -0.4 is 0 Å². The summed E-state index contributed by atoms with van der Waals surface area (Å²) in [7, 11) is 3.84. The Kier molecular flexibility index (Phi) is 3.65. The number of benzene rings is 1. The van der Waals surface area contributed by atoms with E-state index in [9.17, 15) is 4.79 Å². The topological polar surface area (TPSA) is 20.3 Å². The summed E-state index contributed by atoms with van der Waals surface area (Å²) >= 11 is 0. The molecule has 1 aromatic carbocycles. The fourth-order valence-corrected chi connectivity index (χ4v) is 1.21. The first-order valence-electron chi connectivity index (χ1n) is 4.39. The highest BCUT2D eigenvalue weighted by Gasteiger charge is 2.09. The van der Waals surface area contributed by atoms with Crippen LogP contribution in [-0.2, 0) is 11.2 Å². The van der Waals surface area contributed by atoms with Gasteiger partial charge in [0.15, 0.2) is 0 Å². The Labute approximate surface area is 79.2 Å². The SMILES string of the molecule is CN(C)[C@@H](C=O)Cc1ccccc1. The third-order valence-corrected chi connectivity index (χ3v) is 2.11. The summed E-state index contributed by atoms with van der Waals surface area (Å²) in [5.41, 5.74) is 1.20. The first-order chi connectivity index (χ1) is 6.24. The highest BCUT2D eigenvalue weighted by Crippen LogP contribution is 2.04. The van der Waals surface area contributed by atoms with Gasteiger partial charge in [-0.2, -0.15) is 0 Å². The lowest BCUT2D eigenvalue weighted by molar-refractivity contribution is -0.111. The van der Waals surface area contributed by atoms with E-state index < -0.39 is 0 Å². The van der Waals surface area contributed by atoms with E-state index in [1.54, 1.807) is 0 Å². The first-order valence-corrected chi connectivity index (χ1v) is 4.39. The van der Waals surface area contributed by atoms with Crippen LogP contribution >= 0.6 is 0 Å². The summed E-state index contributed by atoms with van der Waals surface area (Å²) in [5, 5.41) is 0. The van der Waals surface area contributed by atoms with Gasteiger partial charge < -0.3 is 4.79 Å². The average molecular weight is 177 g/mol. The van der Waals surface area contributed by atoms with Crippen molar-refractivity contribution >= 4 is 6.29 Å². The molecule has 0 heterocycles. The fourth-order valence-electron chi connectivity index (χ4n) is 1.21. The number of rotatable bonds is 4. The number of nitrogens with zero attached hydrogens (tertiary/aromatic N) is 1. The number of hydrogen-bond donors (Lipinski definition) is 0. The Morgan fingerprint density at radius 1 is 1.31 bits per heavy atom. The quantitative estimate of drug-likeness (QED) is 0.647. The van der Waals surface area contributed by atoms with Crippen molar-refractivity contribution in [2.75, 3.05) is 14.1 Å². The van der Waals surface area contributed by atoms with Crippen LogP contribution in [0, 0.1) is 0 Å². The van der Waals surface area contributed by atoms with Crippen LogP contribution in [0.5, 0.6) is 0 Å². The summed E-state index contributed by atoms with van der Waals surface area (Å²) in [6, 6.07) is 10.0. The molecule has 13 heavy (non-hydrogen) atoms. The summed E-state index contributed by atoms with van der Waals surface area (Å²) < 4.78 is 0. The third-order valence-electron chi connectivity index (χ3n) is 2.11. The summed E-state index contributed by atoms with van der Waals surface area (Å²) in [6.07, 6.45) is 1.78. The van der Waals surface area contributed by atoms with E-state index >= 15 is 0 Å². The molecule has 2 nitrogen and oxygen atoms in total.